The minimum absolute atomic E-state index is 0.374. The van der Waals surface area contributed by atoms with E-state index in [4.69, 9.17) is 9.90 Å². The molecule has 0 aromatic heterocycles. The zero-order valence-electron chi connectivity index (χ0n) is 10.6. The Morgan fingerprint density at radius 3 is 2.29 bits per heavy atom. The molecule has 0 bridgehead atoms. The van der Waals surface area contributed by atoms with Crippen LogP contribution in [0.2, 0.25) is 0 Å². The van der Waals surface area contributed by atoms with Crippen LogP contribution >= 0.6 is 0 Å². The van der Waals surface area contributed by atoms with E-state index in [9.17, 15) is 4.79 Å². The zero-order chi connectivity index (χ0) is 12.8. The van der Waals surface area contributed by atoms with E-state index in [1.165, 1.54) is 0 Å². The number of nitrogens with zero attached hydrogens (tertiary/aromatic N) is 1. The summed E-state index contributed by atoms with van der Waals surface area (Å²) in [4.78, 5) is 22.7. The summed E-state index contributed by atoms with van der Waals surface area (Å²) in [5, 5.41) is 10.7. The van der Waals surface area contributed by atoms with E-state index in [2.05, 4.69) is 17.1 Å². The van der Waals surface area contributed by atoms with Gasteiger partial charge in [-0.3, -0.25) is 9.59 Å². The van der Waals surface area contributed by atoms with Crippen molar-refractivity contribution in [2.24, 2.45) is 0 Å². The molecule has 0 saturated carbocycles. The lowest BCUT2D eigenvalue weighted by Gasteiger charge is -2.34. The first-order chi connectivity index (χ1) is 8.02. The van der Waals surface area contributed by atoms with Crippen molar-refractivity contribution >= 4 is 11.9 Å². The van der Waals surface area contributed by atoms with E-state index >= 15 is 0 Å². The van der Waals surface area contributed by atoms with Crippen LogP contribution in [0, 0.1) is 0 Å². The van der Waals surface area contributed by atoms with E-state index in [0.29, 0.717) is 18.0 Å². The molecule has 98 valence electrons. The molecule has 2 rings (SSSR count). The lowest BCUT2D eigenvalue weighted by Crippen LogP contribution is -2.46. The molecule has 2 heterocycles. The highest BCUT2D eigenvalue weighted by Gasteiger charge is 2.33. The molecule has 2 aliphatic rings. The molecule has 0 aliphatic carbocycles. The highest BCUT2D eigenvalue weighted by atomic mass is 16.4. The Hall–Kier alpha value is -1.10. The fraction of sp³-hybridized carbons (Fsp3) is 0.833. The molecule has 1 atom stereocenters. The minimum atomic E-state index is -0.833. The third-order valence-corrected chi connectivity index (χ3v) is 3.24. The molecule has 0 aromatic rings. The summed E-state index contributed by atoms with van der Waals surface area (Å²) in [6.45, 7) is 5.40. The van der Waals surface area contributed by atoms with Gasteiger partial charge in [0.25, 0.3) is 5.97 Å². The maximum Gasteiger partial charge on any atom is 0.300 e. The number of amides is 1. The molecule has 2 saturated heterocycles. The van der Waals surface area contributed by atoms with Gasteiger partial charge in [0.2, 0.25) is 5.91 Å². The van der Waals surface area contributed by atoms with Crippen LogP contribution < -0.4 is 5.32 Å². The maximum atomic E-state index is 11.6. The van der Waals surface area contributed by atoms with Gasteiger partial charge in [-0.15, -0.1) is 0 Å². The third-order valence-electron chi connectivity index (χ3n) is 3.24. The molecule has 0 radical (unpaired) electrons. The number of carbonyl (C=O) groups is 2. The Balaban J connectivity index is 0.000000317. The second-order valence-corrected chi connectivity index (χ2v) is 4.69. The Morgan fingerprint density at radius 2 is 1.88 bits per heavy atom. The van der Waals surface area contributed by atoms with Gasteiger partial charge in [-0.05, 0) is 39.3 Å². The maximum absolute atomic E-state index is 11.6. The van der Waals surface area contributed by atoms with Crippen molar-refractivity contribution in [2.75, 3.05) is 13.1 Å². The smallest absolute Gasteiger partial charge is 0.300 e. The predicted octanol–water partition coefficient (Wildman–Crippen LogP) is 0.840. The van der Waals surface area contributed by atoms with Crippen LogP contribution in [0.15, 0.2) is 0 Å². The summed E-state index contributed by atoms with van der Waals surface area (Å²) in [5.74, 6) is -0.459. The van der Waals surface area contributed by atoms with Gasteiger partial charge >= 0.3 is 0 Å². The van der Waals surface area contributed by atoms with Crippen molar-refractivity contribution < 1.29 is 14.7 Å². The second-order valence-electron chi connectivity index (χ2n) is 4.69. The predicted molar refractivity (Wildman–Crippen MR) is 64.7 cm³/mol. The van der Waals surface area contributed by atoms with Crippen molar-refractivity contribution in [1.82, 2.24) is 10.2 Å². The van der Waals surface area contributed by atoms with E-state index in [-0.39, 0.29) is 0 Å². The normalized spacial score (nSPS) is 25.4. The van der Waals surface area contributed by atoms with E-state index in [0.717, 1.165) is 45.7 Å². The highest BCUT2D eigenvalue weighted by molar-refractivity contribution is 5.79. The number of aliphatic carboxylic acids is 1. The van der Waals surface area contributed by atoms with Crippen LogP contribution in [0.25, 0.3) is 0 Å². The summed E-state index contributed by atoms with van der Waals surface area (Å²) in [7, 11) is 0. The number of hydrogen-bond acceptors (Lipinski definition) is 3. The highest BCUT2D eigenvalue weighted by Crippen LogP contribution is 2.24. The molecule has 2 aliphatic heterocycles. The largest absolute Gasteiger partial charge is 0.481 e. The van der Waals surface area contributed by atoms with Crippen LogP contribution in [0.3, 0.4) is 0 Å². The SMILES string of the molecule is CC(=O)O.C[C@H]1CCC(=O)N1C1CCNCC1. The topological polar surface area (TPSA) is 69.6 Å². The van der Waals surface area contributed by atoms with Crippen LogP contribution in [0.1, 0.15) is 39.5 Å². The minimum Gasteiger partial charge on any atom is -0.481 e. The van der Waals surface area contributed by atoms with Crippen molar-refractivity contribution in [2.45, 2.75) is 51.6 Å². The molecule has 0 aromatic carbocycles. The first-order valence-electron chi connectivity index (χ1n) is 6.23. The van der Waals surface area contributed by atoms with Crippen LogP contribution in [-0.4, -0.2) is 47.1 Å². The molecule has 1 amide bonds. The standard InChI is InChI=1S/C10H18N2O.C2H4O2/c1-8-2-3-10(13)12(8)9-4-6-11-7-5-9;1-2(3)4/h8-9,11H,2-7H2,1H3;1H3,(H,3,4)/t8-;/m0./s1. The summed E-state index contributed by atoms with van der Waals surface area (Å²) in [5.41, 5.74) is 0. The average molecular weight is 242 g/mol. The van der Waals surface area contributed by atoms with Gasteiger partial charge in [-0.1, -0.05) is 0 Å². The number of carboxylic acids is 1. The molecule has 17 heavy (non-hydrogen) atoms. The number of likely N-dealkylation sites (tertiary alicyclic amines) is 1. The van der Waals surface area contributed by atoms with Gasteiger partial charge in [-0.25, -0.2) is 0 Å². The lowest BCUT2D eigenvalue weighted by molar-refractivity contribution is -0.134. The monoisotopic (exact) mass is 242 g/mol. The molecule has 0 unspecified atom stereocenters. The number of hydrogen-bond donors (Lipinski definition) is 2. The summed E-state index contributed by atoms with van der Waals surface area (Å²) in [6.07, 6.45) is 4.10. The number of piperidine rings is 1. The second kappa shape index (κ2) is 6.59. The molecular weight excluding hydrogens is 220 g/mol. The fourth-order valence-electron chi connectivity index (χ4n) is 2.49. The Bertz CT molecular complexity index is 271. The van der Waals surface area contributed by atoms with Crippen LogP contribution in [0.5, 0.6) is 0 Å². The molecule has 5 heteroatoms. The quantitative estimate of drug-likeness (QED) is 0.715. The summed E-state index contributed by atoms with van der Waals surface area (Å²) < 4.78 is 0. The number of carboxylic acid groups (broad SMARTS) is 1. The number of carbonyl (C=O) groups excluding carboxylic acids is 1. The van der Waals surface area contributed by atoms with Gasteiger partial charge in [0.1, 0.15) is 0 Å². The molecule has 5 nitrogen and oxygen atoms in total. The van der Waals surface area contributed by atoms with Crippen molar-refractivity contribution in [3.63, 3.8) is 0 Å². The summed E-state index contributed by atoms with van der Waals surface area (Å²) >= 11 is 0. The Morgan fingerprint density at radius 1 is 1.35 bits per heavy atom. The van der Waals surface area contributed by atoms with E-state index < -0.39 is 5.97 Å². The first kappa shape index (κ1) is 14.0. The zero-order valence-corrected chi connectivity index (χ0v) is 10.6. The molecule has 0 spiro atoms. The molecule has 2 fully saturated rings. The average Bonchev–Trinajstić information content (AvgIpc) is 2.59. The van der Waals surface area contributed by atoms with Gasteiger partial charge < -0.3 is 15.3 Å². The van der Waals surface area contributed by atoms with Gasteiger partial charge in [-0.2, -0.15) is 0 Å². The molecular formula is C12H22N2O3. The Labute approximate surface area is 102 Å². The fourth-order valence-corrected chi connectivity index (χ4v) is 2.49. The van der Waals surface area contributed by atoms with E-state index in [1.807, 2.05) is 0 Å². The lowest BCUT2D eigenvalue weighted by atomic mass is 10.0. The third kappa shape index (κ3) is 4.34. The van der Waals surface area contributed by atoms with Crippen molar-refractivity contribution in [1.29, 1.82) is 0 Å². The van der Waals surface area contributed by atoms with Gasteiger partial charge in [0.05, 0.1) is 0 Å². The van der Waals surface area contributed by atoms with Gasteiger partial charge in [0, 0.05) is 25.4 Å². The number of nitrogens with one attached hydrogen (secondary N) is 1. The van der Waals surface area contributed by atoms with Crippen molar-refractivity contribution in [3.8, 4) is 0 Å². The van der Waals surface area contributed by atoms with Crippen LogP contribution in [0.4, 0.5) is 0 Å². The van der Waals surface area contributed by atoms with Crippen LogP contribution in [-0.2, 0) is 9.59 Å². The summed E-state index contributed by atoms with van der Waals surface area (Å²) in [6, 6.07) is 1.00. The van der Waals surface area contributed by atoms with E-state index in [1.54, 1.807) is 0 Å². The molecule has 2 N–H and O–H groups in total. The van der Waals surface area contributed by atoms with Crippen molar-refractivity contribution in [3.05, 3.63) is 0 Å². The van der Waals surface area contributed by atoms with Gasteiger partial charge in [0.15, 0.2) is 0 Å². The Kier molecular flexibility index (Phi) is 5.41. The number of rotatable bonds is 1. The first-order valence-corrected chi connectivity index (χ1v) is 6.23.